The normalized spacial score (nSPS) is 15.0. The number of carboxylic acids is 1. The van der Waals surface area contributed by atoms with Crippen molar-refractivity contribution in [3.05, 3.63) is 0 Å². The minimum Gasteiger partial charge on any atom is -0.480 e. The highest BCUT2D eigenvalue weighted by Gasteiger charge is 2.21. The Hall–Kier alpha value is -1.67. The van der Waals surface area contributed by atoms with Crippen LogP contribution in [0.4, 0.5) is 0 Å². The molecule has 0 aliphatic heterocycles. The largest absolute Gasteiger partial charge is 0.480 e. The highest BCUT2D eigenvalue weighted by molar-refractivity contribution is 5.85. The molecule has 8 heteroatoms. The summed E-state index contributed by atoms with van der Waals surface area (Å²) in [6.45, 7) is 2.92. The molecule has 0 aliphatic rings. The predicted molar refractivity (Wildman–Crippen MR) is 69.8 cm³/mol. The second-order valence-electron chi connectivity index (χ2n) is 4.54. The third-order valence-electron chi connectivity index (χ3n) is 2.59. The van der Waals surface area contributed by atoms with Crippen LogP contribution >= 0.6 is 0 Å². The fourth-order valence-electron chi connectivity index (χ4n) is 1.38. The first-order chi connectivity index (χ1) is 9.25. The molecular formula is C12H22N2O6. The van der Waals surface area contributed by atoms with Crippen molar-refractivity contribution in [2.45, 2.75) is 51.4 Å². The van der Waals surface area contributed by atoms with Crippen LogP contribution in [0.25, 0.3) is 0 Å². The fourth-order valence-corrected chi connectivity index (χ4v) is 1.38. The summed E-state index contributed by atoms with van der Waals surface area (Å²) in [6.07, 6.45) is -1.16. The van der Waals surface area contributed by atoms with E-state index in [9.17, 15) is 14.4 Å². The Kier molecular flexibility index (Phi) is 8.49. The van der Waals surface area contributed by atoms with E-state index in [2.05, 4.69) is 10.6 Å². The number of aliphatic hydroxyl groups is 2. The number of carbonyl (C=O) groups excluding carboxylic acids is 2. The molecule has 8 nitrogen and oxygen atoms in total. The van der Waals surface area contributed by atoms with Crippen molar-refractivity contribution in [2.24, 2.45) is 0 Å². The van der Waals surface area contributed by atoms with E-state index in [0.29, 0.717) is 19.4 Å². The summed E-state index contributed by atoms with van der Waals surface area (Å²) in [6, 6.07) is -1.07. The maximum atomic E-state index is 11.2. The molecule has 3 unspecified atom stereocenters. The van der Waals surface area contributed by atoms with Crippen LogP contribution in [-0.2, 0) is 14.4 Å². The van der Waals surface area contributed by atoms with Crippen LogP contribution in [0, 0.1) is 0 Å². The number of aliphatic hydroxyl groups excluding tert-OH is 2. The van der Waals surface area contributed by atoms with Crippen molar-refractivity contribution in [2.75, 3.05) is 6.54 Å². The standard InChI is InChI=1S/C12H22N2O6/c1-7(15)10(17)13-6-4-3-5-9(12(19)20)14-11(18)8(2)16/h7-9,15-16H,3-6H2,1-2H3,(H,13,17)(H,14,18)(H,19,20). The maximum Gasteiger partial charge on any atom is 0.326 e. The molecule has 0 aromatic heterocycles. The van der Waals surface area contributed by atoms with Crippen LogP contribution in [0.2, 0.25) is 0 Å². The van der Waals surface area contributed by atoms with Gasteiger partial charge in [-0.25, -0.2) is 4.79 Å². The van der Waals surface area contributed by atoms with Crippen molar-refractivity contribution in [3.8, 4) is 0 Å². The third kappa shape index (κ3) is 7.70. The molecular weight excluding hydrogens is 268 g/mol. The van der Waals surface area contributed by atoms with Gasteiger partial charge in [0.2, 0.25) is 11.8 Å². The van der Waals surface area contributed by atoms with E-state index in [-0.39, 0.29) is 6.42 Å². The SMILES string of the molecule is CC(O)C(=O)NCCCCC(NC(=O)C(C)O)C(=O)O. The monoisotopic (exact) mass is 290 g/mol. The molecule has 0 aromatic carbocycles. The van der Waals surface area contributed by atoms with Gasteiger partial charge in [0.25, 0.3) is 0 Å². The summed E-state index contributed by atoms with van der Waals surface area (Å²) < 4.78 is 0. The van der Waals surface area contributed by atoms with Gasteiger partial charge < -0.3 is 26.0 Å². The summed E-state index contributed by atoms with van der Waals surface area (Å²) in [4.78, 5) is 33.1. The Morgan fingerprint density at radius 2 is 1.55 bits per heavy atom. The molecule has 0 fully saturated rings. The van der Waals surface area contributed by atoms with E-state index in [1.165, 1.54) is 13.8 Å². The second-order valence-corrected chi connectivity index (χ2v) is 4.54. The van der Waals surface area contributed by atoms with Gasteiger partial charge in [0.05, 0.1) is 0 Å². The average molecular weight is 290 g/mol. The molecule has 0 radical (unpaired) electrons. The molecule has 2 amide bonds. The average Bonchev–Trinajstić information content (AvgIpc) is 2.35. The first-order valence-electron chi connectivity index (χ1n) is 6.42. The van der Waals surface area contributed by atoms with Gasteiger partial charge in [-0.1, -0.05) is 0 Å². The Bertz CT molecular complexity index is 343. The fraction of sp³-hybridized carbons (Fsp3) is 0.750. The summed E-state index contributed by atoms with van der Waals surface area (Å²) in [7, 11) is 0. The number of hydrogen-bond acceptors (Lipinski definition) is 5. The third-order valence-corrected chi connectivity index (χ3v) is 2.59. The highest BCUT2D eigenvalue weighted by Crippen LogP contribution is 2.02. The van der Waals surface area contributed by atoms with Crippen molar-refractivity contribution in [1.29, 1.82) is 0 Å². The van der Waals surface area contributed by atoms with Crippen molar-refractivity contribution >= 4 is 17.8 Å². The van der Waals surface area contributed by atoms with Crippen LogP contribution in [0.3, 0.4) is 0 Å². The lowest BCUT2D eigenvalue weighted by Crippen LogP contribution is -2.44. The molecule has 0 aliphatic carbocycles. The maximum absolute atomic E-state index is 11.2. The lowest BCUT2D eigenvalue weighted by Gasteiger charge is -2.15. The molecule has 0 saturated heterocycles. The molecule has 20 heavy (non-hydrogen) atoms. The van der Waals surface area contributed by atoms with Crippen molar-refractivity contribution in [1.82, 2.24) is 10.6 Å². The summed E-state index contributed by atoms with van der Waals surface area (Å²) in [5, 5.41) is 31.5. The summed E-state index contributed by atoms with van der Waals surface area (Å²) >= 11 is 0. The van der Waals surface area contributed by atoms with E-state index in [0.717, 1.165) is 0 Å². The zero-order chi connectivity index (χ0) is 15.7. The number of carboxylic acid groups (broad SMARTS) is 1. The molecule has 0 rings (SSSR count). The van der Waals surface area contributed by atoms with Gasteiger partial charge in [0.15, 0.2) is 0 Å². The first-order valence-corrected chi connectivity index (χ1v) is 6.42. The van der Waals surface area contributed by atoms with Crippen molar-refractivity contribution < 1.29 is 29.7 Å². The quantitative estimate of drug-likeness (QED) is 0.331. The predicted octanol–water partition coefficient (Wildman–Crippen LogP) is -1.40. The number of unbranched alkanes of at least 4 members (excludes halogenated alkanes) is 1. The van der Waals surface area contributed by atoms with Crippen LogP contribution in [0.5, 0.6) is 0 Å². The van der Waals surface area contributed by atoms with Gasteiger partial charge in [-0.05, 0) is 33.1 Å². The van der Waals surface area contributed by atoms with E-state index in [1.54, 1.807) is 0 Å². The zero-order valence-corrected chi connectivity index (χ0v) is 11.6. The van der Waals surface area contributed by atoms with E-state index in [4.69, 9.17) is 15.3 Å². The summed E-state index contributed by atoms with van der Waals surface area (Å²) in [5.41, 5.74) is 0. The van der Waals surface area contributed by atoms with Gasteiger partial charge in [-0.3, -0.25) is 9.59 Å². The van der Waals surface area contributed by atoms with E-state index < -0.39 is 36.0 Å². The lowest BCUT2D eigenvalue weighted by atomic mass is 10.1. The Labute approximate surface area is 117 Å². The van der Waals surface area contributed by atoms with E-state index >= 15 is 0 Å². The molecule has 0 bridgehead atoms. The Morgan fingerprint density at radius 1 is 1.00 bits per heavy atom. The number of amides is 2. The summed E-state index contributed by atoms with van der Waals surface area (Å²) in [5.74, 6) is -2.39. The molecule has 5 N–H and O–H groups in total. The molecule has 0 heterocycles. The molecule has 0 saturated carbocycles. The Morgan fingerprint density at radius 3 is 2.00 bits per heavy atom. The minimum absolute atomic E-state index is 0.193. The lowest BCUT2D eigenvalue weighted by molar-refractivity contribution is -0.143. The van der Waals surface area contributed by atoms with Crippen molar-refractivity contribution in [3.63, 3.8) is 0 Å². The van der Waals surface area contributed by atoms with Crippen LogP contribution < -0.4 is 10.6 Å². The molecule has 3 atom stereocenters. The molecule has 116 valence electrons. The van der Waals surface area contributed by atoms with Gasteiger partial charge in [-0.15, -0.1) is 0 Å². The van der Waals surface area contributed by atoms with Crippen LogP contribution in [-0.4, -0.2) is 57.9 Å². The topological polar surface area (TPSA) is 136 Å². The number of rotatable bonds is 9. The van der Waals surface area contributed by atoms with Crippen LogP contribution in [0.15, 0.2) is 0 Å². The second kappa shape index (κ2) is 9.27. The van der Waals surface area contributed by atoms with Gasteiger partial charge in [0.1, 0.15) is 18.2 Å². The molecule has 0 spiro atoms. The van der Waals surface area contributed by atoms with Gasteiger partial charge in [0, 0.05) is 6.54 Å². The minimum atomic E-state index is -1.26. The smallest absolute Gasteiger partial charge is 0.326 e. The first kappa shape index (κ1) is 18.3. The number of carbonyl (C=O) groups is 3. The number of nitrogens with one attached hydrogen (secondary N) is 2. The van der Waals surface area contributed by atoms with Gasteiger partial charge in [-0.2, -0.15) is 0 Å². The number of hydrogen-bond donors (Lipinski definition) is 5. The molecule has 0 aromatic rings. The highest BCUT2D eigenvalue weighted by atomic mass is 16.4. The van der Waals surface area contributed by atoms with Gasteiger partial charge >= 0.3 is 5.97 Å². The van der Waals surface area contributed by atoms with Crippen LogP contribution in [0.1, 0.15) is 33.1 Å². The zero-order valence-electron chi connectivity index (χ0n) is 11.6. The Balaban J connectivity index is 3.96. The van der Waals surface area contributed by atoms with E-state index in [1.807, 2.05) is 0 Å². The number of aliphatic carboxylic acids is 1.